The Labute approximate surface area is 104 Å². The second-order valence-electron chi connectivity index (χ2n) is 6.15. The van der Waals surface area contributed by atoms with E-state index in [2.05, 4.69) is 0 Å². The van der Waals surface area contributed by atoms with Crippen LogP contribution in [0.4, 0.5) is 0 Å². The lowest BCUT2D eigenvalue weighted by Crippen LogP contribution is -2.40. The van der Waals surface area contributed by atoms with Crippen LogP contribution in [0.5, 0.6) is 0 Å². The van der Waals surface area contributed by atoms with E-state index in [4.69, 9.17) is 0 Å². The first kappa shape index (κ1) is 14.2. The Morgan fingerprint density at radius 1 is 1.12 bits per heavy atom. The van der Waals surface area contributed by atoms with Gasteiger partial charge in [0, 0.05) is 5.57 Å². The summed E-state index contributed by atoms with van der Waals surface area (Å²) >= 11 is 0. The van der Waals surface area contributed by atoms with Crippen LogP contribution in [0.15, 0.2) is 11.1 Å². The summed E-state index contributed by atoms with van der Waals surface area (Å²) in [4.78, 5) is 11.2. The van der Waals surface area contributed by atoms with E-state index in [1.54, 1.807) is 6.92 Å². The van der Waals surface area contributed by atoms with Crippen molar-refractivity contribution in [1.29, 1.82) is 0 Å². The van der Waals surface area contributed by atoms with Gasteiger partial charge in [-0.1, -0.05) is 40.0 Å². The van der Waals surface area contributed by atoms with E-state index in [0.29, 0.717) is 24.0 Å². The van der Waals surface area contributed by atoms with Crippen LogP contribution in [-0.2, 0) is 4.79 Å². The van der Waals surface area contributed by atoms with Crippen LogP contribution in [0.25, 0.3) is 0 Å². The molecule has 3 nitrogen and oxygen atoms in total. The SMILES string of the molecule is CC(C(=O)O)=C(C(C)(C)C)C1(O)CCCCC1. The van der Waals surface area contributed by atoms with Gasteiger partial charge in [-0.3, -0.25) is 0 Å². The lowest BCUT2D eigenvalue weighted by molar-refractivity contribution is -0.133. The van der Waals surface area contributed by atoms with Crippen LogP contribution >= 0.6 is 0 Å². The summed E-state index contributed by atoms with van der Waals surface area (Å²) in [5.74, 6) is -0.922. The molecule has 2 N–H and O–H groups in total. The van der Waals surface area contributed by atoms with E-state index in [1.165, 1.54) is 0 Å². The first-order chi connectivity index (χ1) is 7.68. The van der Waals surface area contributed by atoms with Crippen molar-refractivity contribution in [1.82, 2.24) is 0 Å². The monoisotopic (exact) mass is 240 g/mol. The van der Waals surface area contributed by atoms with Gasteiger partial charge >= 0.3 is 5.97 Å². The highest BCUT2D eigenvalue weighted by Crippen LogP contribution is 2.44. The molecule has 3 heteroatoms. The summed E-state index contributed by atoms with van der Waals surface area (Å²) < 4.78 is 0. The van der Waals surface area contributed by atoms with Gasteiger partial charge in [-0.2, -0.15) is 0 Å². The number of carboxylic acids is 1. The molecule has 0 atom stereocenters. The number of carboxylic acid groups (broad SMARTS) is 1. The minimum atomic E-state index is -0.922. The molecule has 0 heterocycles. The van der Waals surface area contributed by atoms with Crippen molar-refractivity contribution in [2.45, 2.75) is 65.4 Å². The summed E-state index contributed by atoms with van der Waals surface area (Å²) in [6, 6.07) is 0. The van der Waals surface area contributed by atoms with Crippen LogP contribution < -0.4 is 0 Å². The molecule has 1 aliphatic rings. The topological polar surface area (TPSA) is 57.5 Å². The fourth-order valence-electron chi connectivity index (χ4n) is 3.10. The fourth-order valence-corrected chi connectivity index (χ4v) is 3.10. The van der Waals surface area contributed by atoms with Crippen molar-refractivity contribution >= 4 is 5.97 Å². The van der Waals surface area contributed by atoms with Crippen molar-refractivity contribution < 1.29 is 15.0 Å². The van der Waals surface area contributed by atoms with Gasteiger partial charge in [0.05, 0.1) is 5.60 Å². The number of hydrogen-bond donors (Lipinski definition) is 2. The van der Waals surface area contributed by atoms with Crippen molar-refractivity contribution in [3.63, 3.8) is 0 Å². The third-order valence-corrected chi connectivity index (χ3v) is 3.59. The zero-order valence-electron chi connectivity index (χ0n) is 11.3. The maximum absolute atomic E-state index is 11.2. The molecule has 0 unspecified atom stereocenters. The highest BCUT2D eigenvalue weighted by Gasteiger charge is 2.41. The molecule has 0 radical (unpaired) electrons. The molecule has 0 aromatic heterocycles. The van der Waals surface area contributed by atoms with Gasteiger partial charge in [-0.05, 0) is 30.8 Å². The zero-order valence-corrected chi connectivity index (χ0v) is 11.3. The molecule has 1 fully saturated rings. The van der Waals surface area contributed by atoms with E-state index in [1.807, 2.05) is 20.8 Å². The zero-order chi connectivity index (χ0) is 13.3. The van der Waals surface area contributed by atoms with Gasteiger partial charge in [0.15, 0.2) is 0 Å². The van der Waals surface area contributed by atoms with Crippen molar-refractivity contribution in [2.75, 3.05) is 0 Å². The van der Waals surface area contributed by atoms with E-state index in [0.717, 1.165) is 19.3 Å². The number of carbonyl (C=O) groups is 1. The van der Waals surface area contributed by atoms with E-state index >= 15 is 0 Å². The van der Waals surface area contributed by atoms with E-state index in [-0.39, 0.29) is 5.41 Å². The first-order valence-corrected chi connectivity index (χ1v) is 6.36. The Hall–Kier alpha value is -0.830. The van der Waals surface area contributed by atoms with E-state index < -0.39 is 11.6 Å². The van der Waals surface area contributed by atoms with Crippen molar-refractivity contribution in [2.24, 2.45) is 5.41 Å². The van der Waals surface area contributed by atoms with E-state index in [9.17, 15) is 15.0 Å². The molecule has 0 aliphatic heterocycles. The van der Waals surface area contributed by atoms with Gasteiger partial charge in [0.2, 0.25) is 0 Å². The van der Waals surface area contributed by atoms with Crippen LogP contribution in [-0.4, -0.2) is 21.8 Å². The molecule has 0 saturated heterocycles. The Morgan fingerprint density at radius 3 is 1.94 bits per heavy atom. The second-order valence-corrected chi connectivity index (χ2v) is 6.15. The quantitative estimate of drug-likeness (QED) is 0.729. The van der Waals surface area contributed by atoms with Gasteiger partial charge in [-0.25, -0.2) is 4.79 Å². The predicted molar refractivity (Wildman–Crippen MR) is 67.8 cm³/mol. The number of aliphatic hydroxyl groups is 1. The minimum absolute atomic E-state index is 0.307. The van der Waals surface area contributed by atoms with Gasteiger partial charge in [-0.15, -0.1) is 0 Å². The molecule has 0 spiro atoms. The second kappa shape index (κ2) is 4.81. The lowest BCUT2D eigenvalue weighted by Gasteiger charge is -2.41. The van der Waals surface area contributed by atoms with Crippen molar-refractivity contribution in [3.05, 3.63) is 11.1 Å². The Bertz CT molecular complexity index is 328. The largest absolute Gasteiger partial charge is 0.478 e. The summed E-state index contributed by atoms with van der Waals surface area (Å²) in [6.07, 6.45) is 4.45. The van der Waals surface area contributed by atoms with Gasteiger partial charge in [0.25, 0.3) is 0 Å². The Morgan fingerprint density at radius 2 is 1.59 bits per heavy atom. The maximum Gasteiger partial charge on any atom is 0.331 e. The first-order valence-electron chi connectivity index (χ1n) is 6.36. The number of hydrogen-bond acceptors (Lipinski definition) is 2. The standard InChI is InChI=1S/C14H24O3/c1-10(12(15)16)11(13(2,3)4)14(17)8-6-5-7-9-14/h17H,5-9H2,1-4H3,(H,15,16). The molecule has 0 aromatic carbocycles. The Balaban J connectivity index is 3.24. The van der Waals surface area contributed by atoms with Crippen molar-refractivity contribution in [3.8, 4) is 0 Å². The third kappa shape index (κ3) is 3.09. The molecule has 17 heavy (non-hydrogen) atoms. The average Bonchev–Trinajstić information content (AvgIpc) is 2.15. The molecular weight excluding hydrogens is 216 g/mol. The van der Waals surface area contributed by atoms with Gasteiger partial charge in [0.1, 0.15) is 0 Å². The molecule has 98 valence electrons. The Kier molecular flexibility index (Phi) is 4.03. The molecule has 0 bridgehead atoms. The number of rotatable bonds is 2. The molecule has 1 saturated carbocycles. The maximum atomic E-state index is 11.2. The highest BCUT2D eigenvalue weighted by atomic mass is 16.4. The van der Waals surface area contributed by atoms with Crippen LogP contribution in [0.3, 0.4) is 0 Å². The average molecular weight is 240 g/mol. The normalized spacial score (nSPS) is 21.9. The van der Waals surface area contributed by atoms with Gasteiger partial charge < -0.3 is 10.2 Å². The summed E-state index contributed by atoms with van der Waals surface area (Å²) in [5, 5.41) is 20.0. The number of aliphatic carboxylic acids is 1. The molecule has 0 amide bonds. The summed E-state index contributed by atoms with van der Waals surface area (Å²) in [6.45, 7) is 7.53. The lowest BCUT2D eigenvalue weighted by atomic mass is 9.68. The van der Waals surface area contributed by atoms with Crippen LogP contribution in [0.1, 0.15) is 59.8 Å². The molecule has 0 aromatic rings. The highest BCUT2D eigenvalue weighted by molar-refractivity contribution is 5.87. The minimum Gasteiger partial charge on any atom is -0.478 e. The summed E-state index contributed by atoms with van der Waals surface area (Å²) in [7, 11) is 0. The van der Waals surface area contributed by atoms with Crippen LogP contribution in [0, 0.1) is 5.41 Å². The molecule has 1 aliphatic carbocycles. The molecule has 1 rings (SSSR count). The summed E-state index contributed by atoms with van der Waals surface area (Å²) in [5.41, 5.74) is -0.216. The predicted octanol–water partition coefficient (Wildman–Crippen LogP) is 3.13. The fraction of sp³-hybridized carbons (Fsp3) is 0.786. The molecular formula is C14H24O3. The third-order valence-electron chi connectivity index (χ3n) is 3.59. The smallest absolute Gasteiger partial charge is 0.331 e. The van der Waals surface area contributed by atoms with Crippen LogP contribution in [0.2, 0.25) is 0 Å².